The Morgan fingerprint density at radius 1 is 1.50 bits per heavy atom. The fourth-order valence-corrected chi connectivity index (χ4v) is 1.65. The number of aliphatic hydroxyl groups is 1. The fraction of sp³-hybridized carbons (Fsp3) is 0.875. The maximum atomic E-state index is 10.1. The SMILES string of the molecule is CCC(O)CCSCCC(=O)O. The predicted molar refractivity (Wildman–Crippen MR) is 50.5 cm³/mol. The standard InChI is InChI=1S/C8H16O3S/c1-2-7(9)3-5-12-6-4-8(10)11/h7,9H,2-6H2,1H3,(H,10,11). The maximum Gasteiger partial charge on any atom is 0.304 e. The summed E-state index contributed by atoms with van der Waals surface area (Å²) < 4.78 is 0. The van der Waals surface area contributed by atoms with Crippen molar-refractivity contribution in [3.63, 3.8) is 0 Å². The first-order chi connectivity index (χ1) is 5.66. The van der Waals surface area contributed by atoms with Gasteiger partial charge >= 0.3 is 5.97 Å². The van der Waals surface area contributed by atoms with Gasteiger partial charge in [-0.05, 0) is 18.6 Å². The van der Waals surface area contributed by atoms with E-state index in [-0.39, 0.29) is 12.5 Å². The van der Waals surface area contributed by atoms with Gasteiger partial charge in [0.05, 0.1) is 12.5 Å². The molecule has 1 atom stereocenters. The van der Waals surface area contributed by atoms with Crippen LogP contribution in [0.25, 0.3) is 0 Å². The van der Waals surface area contributed by atoms with Gasteiger partial charge in [0.15, 0.2) is 0 Å². The highest BCUT2D eigenvalue weighted by molar-refractivity contribution is 7.99. The molecule has 0 aliphatic rings. The third kappa shape index (κ3) is 7.88. The summed E-state index contributed by atoms with van der Waals surface area (Å²) in [5, 5.41) is 17.4. The zero-order chi connectivity index (χ0) is 9.40. The molecule has 0 spiro atoms. The van der Waals surface area contributed by atoms with Crippen molar-refractivity contribution in [3.05, 3.63) is 0 Å². The van der Waals surface area contributed by atoms with Crippen LogP contribution in [0.2, 0.25) is 0 Å². The van der Waals surface area contributed by atoms with Crippen LogP contribution in [-0.2, 0) is 4.79 Å². The molecule has 0 amide bonds. The van der Waals surface area contributed by atoms with Gasteiger partial charge in [0.1, 0.15) is 0 Å². The Hall–Kier alpha value is -0.220. The third-order valence-corrected chi connectivity index (χ3v) is 2.54. The Bertz CT molecular complexity index is 127. The summed E-state index contributed by atoms with van der Waals surface area (Å²) in [5.74, 6) is 0.743. The molecule has 0 heterocycles. The number of rotatable bonds is 7. The summed E-state index contributed by atoms with van der Waals surface area (Å²) in [6.07, 6.45) is 1.54. The summed E-state index contributed by atoms with van der Waals surface area (Å²) in [7, 11) is 0. The van der Waals surface area contributed by atoms with Crippen molar-refractivity contribution in [1.29, 1.82) is 0 Å². The largest absolute Gasteiger partial charge is 0.481 e. The molecule has 3 nitrogen and oxygen atoms in total. The molecule has 0 aliphatic carbocycles. The fourth-order valence-electron chi connectivity index (χ4n) is 0.685. The van der Waals surface area contributed by atoms with Crippen molar-refractivity contribution in [2.75, 3.05) is 11.5 Å². The first-order valence-electron chi connectivity index (χ1n) is 4.14. The summed E-state index contributed by atoms with van der Waals surface area (Å²) in [6.45, 7) is 1.94. The molecule has 0 aromatic rings. The van der Waals surface area contributed by atoms with Crippen molar-refractivity contribution in [3.8, 4) is 0 Å². The van der Waals surface area contributed by atoms with E-state index in [1.165, 1.54) is 0 Å². The van der Waals surface area contributed by atoms with Crippen LogP contribution in [0.4, 0.5) is 0 Å². The average molecular weight is 192 g/mol. The van der Waals surface area contributed by atoms with Crippen LogP contribution in [0.3, 0.4) is 0 Å². The number of thioether (sulfide) groups is 1. The molecule has 0 rings (SSSR count). The van der Waals surface area contributed by atoms with E-state index < -0.39 is 5.97 Å². The summed E-state index contributed by atoms with van der Waals surface area (Å²) >= 11 is 1.58. The van der Waals surface area contributed by atoms with Crippen molar-refractivity contribution in [2.45, 2.75) is 32.3 Å². The van der Waals surface area contributed by atoms with Crippen LogP contribution in [0.15, 0.2) is 0 Å². The number of carboxylic acids is 1. The normalized spacial score (nSPS) is 12.8. The van der Waals surface area contributed by atoms with Gasteiger partial charge in [0.25, 0.3) is 0 Å². The molecule has 72 valence electrons. The van der Waals surface area contributed by atoms with Gasteiger partial charge < -0.3 is 10.2 Å². The number of carbonyl (C=O) groups is 1. The van der Waals surface area contributed by atoms with Crippen LogP contribution in [-0.4, -0.2) is 33.8 Å². The number of hydrogen-bond acceptors (Lipinski definition) is 3. The van der Waals surface area contributed by atoms with Crippen molar-refractivity contribution < 1.29 is 15.0 Å². The minimum absolute atomic E-state index is 0.215. The van der Waals surface area contributed by atoms with E-state index in [2.05, 4.69) is 0 Å². The molecule has 0 fully saturated rings. The molecule has 1 unspecified atom stereocenters. The Balaban J connectivity index is 3.05. The average Bonchev–Trinajstić information content (AvgIpc) is 2.03. The summed E-state index contributed by atoms with van der Waals surface area (Å²) in [6, 6.07) is 0. The monoisotopic (exact) mass is 192 g/mol. The number of carboxylic acid groups (broad SMARTS) is 1. The topological polar surface area (TPSA) is 57.5 Å². The highest BCUT2D eigenvalue weighted by Crippen LogP contribution is 2.07. The van der Waals surface area contributed by atoms with Gasteiger partial charge in [-0.1, -0.05) is 6.92 Å². The Morgan fingerprint density at radius 2 is 2.17 bits per heavy atom. The van der Waals surface area contributed by atoms with E-state index in [4.69, 9.17) is 10.2 Å². The molecule has 0 aromatic carbocycles. The highest BCUT2D eigenvalue weighted by atomic mass is 32.2. The molecule has 0 aromatic heterocycles. The number of hydrogen-bond donors (Lipinski definition) is 2. The Kier molecular flexibility index (Phi) is 7.29. The van der Waals surface area contributed by atoms with Gasteiger partial charge in [0, 0.05) is 5.75 Å². The van der Waals surface area contributed by atoms with Crippen molar-refractivity contribution in [1.82, 2.24) is 0 Å². The molecular formula is C8H16O3S. The van der Waals surface area contributed by atoms with Crippen molar-refractivity contribution in [2.24, 2.45) is 0 Å². The molecule has 2 N–H and O–H groups in total. The highest BCUT2D eigenvalue weighted by Gasteiger charge is 2.01. The Labute approximate surface area is 77.2 Å². The second-order valence-corrected chi connectivity index (χ2v) is 3.83. The first kappa shape index (κ1) is 11.8. The lowest BCUT2D eigenvalue weighted by atomic mass is 10.2. The lowest BCUT2D eigenvalue weighted by Crippen LogP contribution is -2.05. The molecule has 0 radical (unpaired) electrons. The van der Waals surface area contributed by atoms with E-state index >= 15 is 0 Å². The molecule has 0 aliphatic heterocycles. The molecule has 0 bridgehead atoms. The quantitative estimate of drug-likeness (QED) is 0.598. The van der Waals surface area contributed by atoms with Crippen LogP contribution >= 0.6 is 11.8 Å². The minimum Gasteiger partial charge on any atom is -0.481 e. The maximum absolute atomic E-state index is 10.1. The zero-order valence-electron chi connectivity index (χ0n) is 7.32. The van der Waals surface area contributed by atoms with E-state index in [0.717, 1.165) is 18.6 Å². The van der Waals surface area contributed by atoms with Gasteiger partial charge in [-0.15, -0.1) is 0 Å². The molecular weight excluding hydrogens is 176 g/mol. The van der Waals surface area contributed by atoms with Gasteiger partial charge in [-0.2, -0.15) is 11.8 Å². The second-order valence-electron chi connectivity index (χ2n) is 2.61. The van der Waals surface area contributed by atoms with Crippen LogP contribution in [0, 0.1) is 0 Å². The van der Waals surface area contributed by atoms with E-state index in [1.807, 2.05) is 6.92 Å². The second kappa shape index (κ2) is 7.43. The first-order valence-corrected chi connectivity index (χ1v) is 5.30. The van der Waals surface area contributed by atoms with Crippen molar-refractivity contribution >= 4 is 17.7 Å². The van der Waals surface area contributed by atoms with Crippen LogP contribution < -0.4 is 0 Å². The zero-order valence-corrected chi connectivity index (χ0v) is 8.14. The molecule has 0 saturated carbocycles. The Morgan fingerprint density at radius 3 is 2.67 bits per heavy atom. The molecule has 12 heavy (non-hydrogen) atoms. The number of aliphatic carboxylic acids is 1. The lowest BCUT2D eigenvalue weighted by molar-refractivity contribution is -0.136. The van der Waals surface area contributed by atoms with Gasteiger partial charge in [-0.25, -0.2) is 0 Å². The smallest absolute Gasteiger partial charge is 0.304 e. The third-order valence-electron chi connectivity index (χ3n) is 1.53. The summed E-state index contributed by atoms with van der Waals surface area (Å²) in [4.78, 5) is 10.1. The predicted octanol–water partition coefficient (Wildman–Crippen LogP) is 1.36. The lowest BCUT2D eigenvalue weighted by Gasteiger charge is -2.05. The number of aliphatic hydroxyl groups excluding tert-OH is 1. The van der Waals surface area contributed by atoms with E-state index in [0.29, 0.717) is 5.75 Å². The molecule has 0 saturated heterocycles. The van der Waals surface area contributed by atoms with E-state index in [9.17, 15) is 4.79 Å². The van der Waals surface area contributed by atoms with Crippen LogP contribution in [0.1, 0.15) is 26.2 Å². The summed E-state index contributed by atoms with van der Waals surface area (Å²) in [5.41, 5.74) is 0. The molecule has 4 heteroatoms. The van der Waals surface area contributed by atoms with Crippen LogP contribution in [0.5, 0.6) is 0 Å². The van der Waals surface area contributed by atoms with Gasteiger partial charge in [0.2, 0.25) is 0 Å². The minimum atomic E-state index is -0.751. The van der Waals surface area contributed by atoms with Gasteiger partial charge in [-0.3, -0.25) is 4.79 Å². The van der Waals surface area contributed by atoms with E-state index in [1.54, 1.807) is 11.8 Å².